The predicted molar refractivity (Wildman–Crippen MR) is 93.1 cm³/mol. The van der Waals surface area contributed by atoms with Crippen molar-refractivity contribution >= 4 is 17.3 Å². The number of hydrogen-bond donors (Lipinski definition) is 1. The largest absolute Gasteiger partial charge is 0.508 e. The lowest BCUT2D eigenvalue weighted by Gasteiger charge is -2.09. The van der Waals surface area contributed by atoms with Gasteiger partial charge in [-0.2, -0.15) is 0 Å². The molecule has 2 rings (SSSR count). The number of para-hydroxylation sites is 1. The van der Waals surface area contributed by atoms with Crippen molar-refractivity contribution in [2.75, 3.05) is 6.61 Å². The number of hydrogen-bond acceptors (Lipinski definition) is 5. The van der Waals surface area contributed by atoms with E-state index in [0.717, 1.165) is 0 Å². The van der Waals surface area contributed by atoms with Crippen LogP contribution in [0.2, 0.25) is 0 Å². The molecule has 0 unspecified atom stereocenters. The molecule has 128 valence electrons. The van der Waals surface area contributed by atoms with E-state index >= 15 is 0 Å². The average Bonchev–Trinajstić information content (AvgIpc) is 2.60. The quantitative estimate of drug-likeness (QED) is 0.431. The maximum absolute atomic E-state index is 12.3. The molecule has 5 nitrogen and oxygen atoms in total. The Morgan fingerprint density at radius 3 is 2.28 bits per heavy atom. The average molecular weight is 338 g/mol. The molecule has 0 atom stereocenters. The molecule has 0 aliphatic heterocycles. The number of Topliss-reactive ketones (excluding diaryl/α,β-unsaturated/α-hetero) is 3. The summed E-state index contributed by atoms with van der Waals surface area (Å²) in [6, 6.07) is 12.2. The first-order chi connectivity index (χ1) is 12.0. The van der Waals surface area contributed by atoms with Crippen LogP contribution in [0.4, 0.5) is 0 Å². The van der Waals surface area contributed by atoms with Crippen molar-refractivity contribution in [3.63, 3.8) is 0 Å². The van der Waals surface area contributed by atoms with Crippen LogP contribution in [-0.4, -0.2) is 29.1 Å². The Labute approximate surface area is 145 Å². The van der Waals surface area contributed by atoms with Crippen LogP contribution in [0.3, 0.4) is 0 Å². The van der Waals surface area contributed by atoms with E-state index in [1.54, 1.807) is 30.3 Å². The third kappa shape index (κ3) is 5.14. The monoisotopic (exact) mass is 338 g/mol. The summed E-state index contributed by atoms with van der Waals surface area (Å²) >= 11 is 0. The van der Waals surface area contributed by atoms with E-state index < -0.39 is 17.3 Å². The Morgan fingerprint density at radius 2 is 1.60 bits per heavy atom. The Morgan fingerprint density at radius 1 is 0.960 bits per heavy atom. The molecule has 0 aromatic heterocycles. The minimum atomic E-state index is -0.471. The van der Waals surface area contributed by atoms with Gasteiger partial charge in [0.1, 0.15) is 23.9 Å². The predicted octanol–water partition coefficient (Wildman–Crippen LogP) is 3.37. The molecule has 0 bridgehead atoms. The normalized spacial score (nSPS) is 10.1. The number of carbonyl (C=O) groups is 3. The molecule has 0 saturated carbocycles. The first-order valence-corrected chi connectivity index (χ1v) is 7.71. The van der Waals surface area contributed by atoms with Gasteiger partial charge in [0.2, 0.25) is 0 Å². The van der Waals surface area contributed by atoms with E-state index in [0.29, 0.717) is 16.9 Å². The van der Waals surface area contributed by atoms with E-state index in [-0.39, 0.29) is 25.2 Å². The summed E-state index contributed by atoms with van der Waals surface area (Å²) in [5, 5.41) is 9.21. The maximum Gasteiger partial charge on any atom is 0.173 e. The van der Waals surface area contributed by atoms with Crippen LogP contribution in [0.5, 0.6) is 11.5 Å². The Bertz CT molecular complexity index is 790. The molecule has 1 N–H and O–H groups in total. The van der Waals surface area contributed by atoms with Crippen LogP contribution in [-0.2, 0) is 4.79 Å². The van der Waals surface area contributed by atoms with Gasteiger partial charge in [-0.1, -0.05) is 24.8 Å². The van der Waals surface area contributed by atoms with Crippen molar-refractivity contribution in [1.29, 1.82) is 0 Å². The number of carbonyl (C=O) groups excluding carboxylic acids is 3. The number of aromatic hydroxyl groups is 1. The Balaban J connectivity index is 2.00. The molecule has 5 heteroatoms. The van der Waals surface area contributed by atoms with Crippen molar-refractivity contribution in [1.82, 2.24) is 0 Å². The number of phenolic OH excluding ortho intramolecular Hbond substituents is 1. The van der Waals surface area contributed by atoms with Gasteiger partial charge in [-0.3, -0.25) is 14.4 Å². The summed E-state index contributed by atoms with van der Waals surface area (Å²) in [5.41, 5.74) is 0.614. The molecule has 0 spiro atoms. The number of ether oxygens (including phenoxy) is 1. The SMILES string of the molecule is C=CCOc1ccccc1C(=O)CC(=O)CC(=O)c1ccc(O)cc1. The number of phenols is 1. The fraction of sp³-hybridized carbons (Fsp3) is 0.150. The first-order valence-electron chi connectivity index (χ1n) is 7.71. The van der Waals surface area contributed by atoms with Crippen LogP contribution in [0.15, 0.2) is 61.2 Å². The van der Waals surface area contributed by atoms with E-state index in [1.165, 1.54) is 24.3 Å². The zero-order valence-corrected chi connectivity index (χ0v) is 13.6. The fourth-order valence-corrected chi connectivity index (χ4v) is 2.24. The molecule has 0 amide bonds. The van der Waals surface area contributed by atoms with Crippen LogP contribution in [0.1, 0.15) is 33.6 Å². The lowest BCUT2D eigenvalue weighted by atomic mass is 10.00. The second kappa shape index (κ2) is 8.59. The van der Waals surface area contributed by atoms with E-state index in [9.17, 15) is 19.5 Å². The zero-order chi connectivity index (χ0) is 18.2. The summed E-state index contributed by atoms with van der Waals surface area (Å²) in [6.07, 6.45) is 0.813. The van der Waals surface area contributed by atoms with E-state index in [4.69, 9.17) is 4.74 Å². The molecular formula is C20H18O5. The smallest absolute Gasteiger partial charge is 0.173 e. The highest BCUT2D eigenvalue weighted by Crippen LogP contribution is 2.20. The molecule has 2 aromatic carbocycles. The van der Waals surface area contributed by atoms with Gasteiger partial charge in [-0.15, -0.1) is 0 Å². The molecule has 0 saturated heterocycles. The van der Waals surface area contributed by atoms with Crippen LogP contribution >= 0.6 is 0 Å². The summed E-state index contributed by atoms with van der Waals surface area (Å²) in [7, 11) is 0. The zero-order valence-electron chi connectivity index (χ0n) is 13.6. The minimum absolute atomic E-state index is 0.0363. The molecule has 0 aliphatic carbocycles. The van der Waals surface area contributed by atoms with Crippen molar-refractivity contribution in [3.05, 3.63) is 72.3 Å². The lowest BCUT2D eigenvalue weighted by molar-refractivity contribution is -0.117. The summed E-state index contributed by atoms with van der Waals surface area (Å²) < 4.78 is 5.41. The summed E-state index contributed by atoms with van der Waals surface area (Å²) in [6.45, 7) is 3.80. The number of benzene rings is 2. The summed E-state index contributed by atoms with van der Waals surface area (Å²) in [4.78, 5) is 36.4. The Kier molecular flexibility index (Phi) is 6.23. The number of ketones is 3. The molecule has 0 heterocycles. The van der Waals surface area contributed by atoms with Gasteiger partial charge < -0.3 is 9.84 Å². The van der Waals surface area contributed by atoms with Gasteiger partial charge >= 0.3 is 0 Å². The molecule has 0 fully saturated rings. The molecule has 0 aliphatic rings. The van der Waals surface area contributed by atoms with Crippen molar-refractivity contribution in [2.24, 2.45) is 0 Å². The molecule has 0 radical (unpaired) electrons. The molecule has 25 heavy (non-hydrogen) atoms. The highest BCUT2D eigenvalue weighted by molar-refractivity contribution is 6.16. The molecular weight excluding hydrogens is 320 g/mol. The van der Waals surface area contributed by atoms with E-state index in [1.807, 2.05) is 0 Å². The molecule has 2 aromatic rings. The number of rotatable bonds is 9. The lowest BCUT2D eigenvalue weighted by Crippen LogP contribution is -2.14. The van der Waals surface area contributed by atoms with Gasteiger partial charge in [-0.05, 0) is 36.4 Å². The first kappa shape index (κ1) is 18.1. The third-order valence-electron chi connectivity index (χ3n) is 3.45. The van der Waals surface area contributed by atoms with Gasteiger partial charge in [0, 0.05) is 5.56 Å². The van der Waals surface area contributed by atoms with Crippen molar-refractivity contribution < 1.29 is 24.2 Å². The van der Waals surface area contributed by atoms with Gasteiger partial charge in [-0.25, -0.2) is 0 Å². The van der Waals surface area contributed by atoms with Gasteiger partial charge in [0.25, 0.3) is 0 Å². The maximum atomic E-state index is 12.3. The minimum Gasteiger partial charge on any atom is -0.508 e. The second-order valence-electron chi connectivity index (χ2n) is 5.38. The second-order valence-corrected chi connectivity index (χ2v) is 5.38. The van der Waals surface area contributed by atoms with Crippen molar-refractivity contribution in [3.8, 4) is 11.5 Å². The van der Waals surface area contributed by atoms with Gasteiger partial charge in [0.15, 0.2) is 11.6 Å². The standard InChI is InChI=1S/C20H18O5/c1-2-11-25-20-6-4-3-5-17(20)19(24)13-16(22)12-18(23)14-7-9-15(21)10-8-14/h2-10,21H,1,11-13H2. The summed E-state index contributed by atoms with van der Waals surface area (Å²) in [5.74, 6) is -0.849. The van der Waals surface area contributed by atoms with Crippen molar-refractivity contribution in [2.45, 2.75) is 12.8 Å². The van der Waals surface area contributed by atoms with Gasteiger partial charge in [0.05, 0.1) is 18.4 Å². The Hall–Kier alpha value is -3.21. The third-order valence-corrected chi connectivity index (χ3v) is 3.45. The highest BCUT2D eigenvalue weighted by Gasteiger charge is 2.18. The highest BCUT2D eigenvalue weighted by atomic mass is 16.5. The van der Waals surface area contributed by atoms with Crippen LogP contribution in [0, 0.1) is 0 Å². The fourth-order valence-electron chi connectivity index (χ4n) is 2.24. The van der Waals surface area contributed by atoms with Crippen LogP contribution < -0.4 is 4.74 Å². The van der Waals surface area contributed by atoms with Crippen LogP contribution in [0.25, 0.3) is 0 Å². The topological polar surface area (TPSA) is 80.7 Å². The van der Waals surface area contributed by atoms with E-state index in [2.05, 4.69) is 6.58 Å².